The molecule has 1 aliphatic heterocycles. The minimum Gasteiger partial charge on any atom is -0.497 e. The van der Waals surface area contributed by atoms with E-state index >= 15 is 0 Å². The zero-order valence-electron chi connectivity index (χ0n) is 16.1. The van der Waals surface area contributed by atoms with Crippen molar-refractivity contribution in [3.63, 3.8) is 0 Å². The predicted molar refractivity (Wildman–Crippen MR) is 109 cm³/mol. The Bertz CT molecular complexity index is 781. The highest BCUT2D eigenvalue weighted by Crippen LogP contribution is 2.32. The maximum absolute atomic E-state index is 13.0. The molecule has 1 aliphatic rings. The first-order valence-electron chi connectivity index (χ1n) is 9.61. The molecular weight excluding hydrogens is 358 g/mol. The molecule has 3 rings (SSSR count). The molecule has 0 unspecified atom stereocenters. The first-order chi connectivity index (χ1) is 13.1. The summed E-state index contributed by atoms with van der Waals surface area (Å²) in [5.74, 6) is 0.971. The molecule has 2 heterocycles. The minimum atomic E-state index is 0.0669. The summed E-state index contributed by atoms with van der Waals surface area (Å²) in [6.45, 7) is 2.76. The molecule has 1 atom stereocenters. The maximum Gasteiger partial charge on any atom is 0.223 e. The van der Waals surface area contributed by atoms with E-state index in [1.165, 1.54) is 11.3 Å². The van der Waals surface area contributed by atoms with Crippen molar-refractivity contribution in [2.75, 3.05) is 13.7 Å². The van der Waals surface area contributed by atoms with Crippen molar-refractivity contribution >= 4 is 23.0 Å². The van der Waals surface area contributed by atoms with Gasteiger partial charge in [0, 0.05) is 24.3 Å². The highest BCUT2D eigenvalue weighted by molar-refractivity contribution is 7.14. The fraction of sp³-hybridized carbons (Fsp3) is 0.455. The molecule has 0 bridgehead atoms. The van der Waals surface area contributed by atoms with E-state index in [2.05, 4.69) is 12.1 Å². The second kappa shape index (κ2) is 9.18. The van der Waals surface area contributed by atoms with Crippen LogP contribution in [0.25, 0.3) is 0 Å². The molecule has 144 valence electrons. The van der Waals surface area contributed by atoms with Gasteiger partial charge in [0.2, 0.25) is 5.91 Å². The number of Topliss-reactive ketones (excluding diaryl/α,β-unsaturated/α-hetero) is 1. The topological polar surface area (TPSA) is 46.6 Å². The van der Waals surface area contributed by atoms with Crippen molar-refractivity contribution in [1.29, 1.82) is 0 Å². The number of aryl methyl sites for hydroxylation is 1. The minimum absolute atomic E-state index is 0.0669. The molecule has 27 heavy (non-hydrogen) atoms. The van der Waals surface area contributed by atoms with Crippen molar-refractivity contribution in [3.8, 4) is 5.75 Å². The summed E-state index contributed by atoms with van der Waals surface area (Å²) in [5.41, 5.74) is 1.14. The number of hydrogen-bond donors (Lipinski definition) is 0. The summed E-state index contributed by atoms with van der Waals surface area (Å²) >= 11 is 1.50. The number of likely N-dealkylation sites (tertiary alicyclic amines) is 1. The lowest BCUT2D eigenvalue weighted by atomic mass is 10.00. The second-order valence-corrected chi connectivity index (χ2v) is 8.35. The lowest BCUT2D eigenvalue weighted by Crippen LogP contribution is -2.35. The number of benzene rings is 1. The Morgan fingerprint density at radius 2 is 1.85 bits per heavy atom. The number of hydrogen-bond acceptors (Lipinski definition) is 4. The summed E-state index contributed by atoms with van der Waals surface area (Å²) in [6, 6.07) is 11.9. The largest absolute Gasteiger partial charge is 0.497 e. The highest BCUT2D eigenvalue weighted by atomic mass is 32.1. The van der Waals surface area contributed by atoms with E-state index in [0.717, 1.165) is 53.3 Å². The van der Waals surface area contributed by atoms with Gasteiger partial charge >= 0.3 is 0 Å². The van der Waals surface area contributed by atoms with Gasteiger partial charge in [-0.1, -0.05) is 25.0 Å². The monoisotopic (exact) mass is 385 g/mol. The van der Waals surface area contributed by atoms with Crippen molar-refractivity contribution in [2.24, 2.45) is 0 Å². The van der Waals surface area contributed by atoms with Crippen LogP contribution in [0.4, 0.5) is 0 Å². The molecule has 5 heteroatoms. The first kappa shape index (κ1) is 19.6. The molecule has 0 saturated carbocycles. The molecule has 1 aromatic carbocycles. The number of ketones is 1. The summed E-state index contributed by atoms with van der Waals surface area (Å²) in [6.07, 6.45) is 4.82. The number of methoxy groups -OCH3 is 1. The molecule has 4 nitrogen and oxygen atoms in total. The van der Waals surface area contributed by atoms with Gasteiger partial charge in [0.15, 0.2) is 5.78 Å². The van der Waals surface area contributed by atoms with Gasteiger partial charge in [-0.2, -0.15) is 0 Å². The molecule has 0 radical (unpaired) electrons. The second-order valence-electron chi connectivity index (χ2n) is 7.06. The van der Waals surface area contributed by atoms with Crippen LogP contribution in [0, 0.1) is 6.92 Å². The molecular formula is C22H27NO3S. The Balaban J connectivity index is 1.68. The summed E-state index contributed by atoms with van der Waals surface area (Å²) in [4.78, 5) is 29.2. The van der Waals surface area contributed by atoms with E-state index < -0.39 is 0 Å². The fourth-order valence-electron chi connectivity index (χ4n) is 3.65. The Hall–Kier alpha value is -2.14. The molecule has 0 spiro atoms. The SMILES string of the molecule is COc1ccc([C@H]2CCCCCN2C(=O)CCC(=O)c2ccc(C)s2)cc1. The van der Waals surface area contributed by atoms with Crippen molar-refractivity contribution < 1.29 is 14.3 Å². The van der Waals surface area contributed by atoms with E-state index in [4.69, 9.17) is 4.74 Å². The van der Waals surface area contributed by atoms with Crippen LogP contribution in [0.15, 0.2) is 36.4 Å². The Kier molecular flexibility index (Phi) is 6.67. The van der Waals surface area contributed by atoms with E-state index in [9.17, 15) is 9.59 Å². The summed E-state index contributed by atoms with van der Waals surface area (Å²) in [5, 5.41) is 0. The third kappa shape index (κ3) is 4.98. The van der Waals surface area contributed by atoms with Crippen LogP contribution in [0.5, 0.6) is 5.75 Å². The van der Waals surface area contributed by atoms with Crippen LogP contribution < -0.4 is 4.74 Å². The molecule has 1 aromatic heterocycles. The van der Waals surface area contributed by atoms with Gasteiger partial charge < -0.3 is 9.64 Å². The standard InChI is InChI=1S/C22H27NO3S/c1-16-7-13-21(27-16)20(24)12-14-22(25)23-15-5-3-4-6-19(23)17-8-10-18(26-2)11-9-17/h7-11,13,19H,3-6,12,14-15H2,1-2H3/t19-/m1/s1. The zero-order chi connectivity index (χ0) is 19.2. The van der Waals surface area contributed by atoms with Gasteiger partial charge in [-0.15, -0.1) is 11.3 Å². The Morgan fingerprint density at radius 1 is 1.07 bits per heavy atom. The van der Waals surface area contributed by atoms with Crippen molar-refractivity contribution in [3.05, 3.63) is 51.7 Å². The van der Waals surface area contributed by atoms with Gasteiger partial charge in [0.25, 0.3) is 0 Å². The third-order valence-corrected chi connectivity index (χ3v) is 6.20. The van der Waals surface area contributed by atoms with Crippen molar-refractivity contribution in [2.45, 2.75) is 51.5 Å². The quantitative estimate of drug-likeness (QED) is 0.644. The van der Waals surface area contributed by atoms with E-state index in [0.29, 0.717) is 0 Å². The van der Waals surface area contributed by atoms with E-state index in [1.54, 1.807) is 7.11 Å². The molecule has 1 fully saturated rings. The summed E-state index contributed by atoms with van der Waals surface area (Å²) in [7, 11) is 1.66. The molecule has 1 saturated heterocycles. The van der Waals surface area contributed by atoms with Gasteiger partial charge in [0.1, 0.15) is 5.75 Å². The summed E-state index contributed by atoms with van der Waals surface area (Å²) < 4.78 is 5.25. The fourth-order valence-corrected chi connectivity index (χ4v) is 4.49. The molecule has 1 amide bonds. The average Bonchev–Trinajstić information content (AvgIpc) is 2.98. The highest BCUT2D eigenvalue weighted by Gasteiger charge is 2.27. The molecule has 0 aliphatic carbocycles. The first-order valence-corrected chi connectivity index (χ1v) is 10.4. The number of rotatable bonds is 6. The van der Waals surface area contributed by atoms with Crippen LogP contribution in [0.3, 0.4) is 0 Å². The van der Waals surface area contributed by atoms with E-state index in [1.807, 2.05) is 36.1 Å². The zero-order valence-corrected chi connectivity index (χ0v) is 16.9. The van der Waals surface area contributed by atoms with Crippen LogP contribution in [0.2, 0.25) is 0 Å². The molecule has 0 N–H and O–H groups in total. The van der Waals surface area contributed by atoms with Crippen LogP contribution in [-0.4, -0.2) is 30.2 Å². The smallest absolute Gasteiger partial charge is 0.223 e. The van der Waals surface area contributed by atoms with Gasteiger partial charge in [-0.25, -0.2) is 0 Å². The Labute approximate surface area is 165 Å². The lowest BCUT2D eigenvalue weighted by molar-refractivity contribution is -0.133. The van der Waals surface area contributed by atoms with Crippen LogP contribution in [-0.2, 0) is 4.79 Å². The van der Waals surface area contributed by atoms with E-state index in [-0.39, 0.29) is 30.6 Å². The number of ether oxygens (including phenoxy) is 1. The lowest BCUT2D eigenvalue weighted by Gasteiger charge is -2.30. The maximum atomic E-state index is 13.0. The number of thiophene rings is 1. The van der Waals surface area contributed by atoms with Gasteiger partial charge in [0.05, 0.1) is 18.0 Å². The predicted octanol–water partition coefficient (Wildman–Crippen LogP) is 5.17. The van der Waals surface area contributed by atoms with Crippen LogP contribution in [0.1, 0.15) is 64.7 Å². The van der Waals surface area contributed by atoms with Crippen LogP contribution >= 0.6 is 11.3 Å². The molecule has 2 aromatic rings. The number of carbonyl (C=O) groups excluding carboxylic acids is 2. The number of amides is 1. The number of carbonyl (C=O) groups is 2. The number of nitrogens with zero attached hydrogens (tertiary/aromatic N) is 1. The van der Waals surface area contributed by atoms with Gasteiger partial charge in [-0.3, -0.25) is 9.59 Å². The Morgan fingerprint density at radius 3 is 2.52 bits per heavy atom. The van der Waals surface area contributed by atoms with Gasteiger partial charge in [-0.05, 0) is 49.6 Å². The third-order valence-electron chi connectivity index (χ3n) is 5.15. The normalized spacial score (nSPS) is 17.4. The van der Waals surface area contributed by atoms with Crippen molar-refractivity contribution in [1.82, 2.24) is 4.90 Å². The average molecular weight is 386 g/mol.